The van der Waals surface area contributed by atoms with Crippen molar-refractivity contribution in [3.8, 4) is 0 Å². The molecule has 1 amide bonds. The van der Waals surface area contributed by atoms with Crippen LogP contribution >= 0.6 is 11.8 Å². The van der Waals surface area contributed by atoms with Crippen molar-refractivity contribution in [2.24, 2.45) is 0 Å². The van der Waals surface area contributed by atoms with Gasteiger partial charge in [0.15, 0.2) is 0 Å². The number of sulfonamides is 1. The molecule has 11 heteroatoms. The largest absolute Gasteiger partial charge is 0.311 e. The summed E-state index contributed by atoms with van der Waals surface area (Å²) in [6, 6.07) is 5.50. The van der Waals surface area contributed by atoms with Crippen LogP contribution in [-0.2, 0) is 21.2 Å². The van der Waals surface area contributed by atoms with Gasteiger partial charge in [0.05, 0.1) is 16.7 Å². The third kappa shape index (κ3) is 4.17. The van der Waals surface area contributed by atoms with E-state index in [1.807, 2.05) is 4.68 Å². The number of hydrogen-bond donors (Lipinski definition) is 0. The Morgan fingerprint density at radius 3 is 2.62 bits per heavy atom. The average Bonchev–Trinajstić information content (AvgIpc) is 3.58. The molecule has 0 unspecified atom stereocenters. The van der Waals surface area contributed by atoms with Crippen molar-refractivity contribution < 1.29 is 13.2 Å². The first kappa shape index (κ1) is 21.8. The molecule has 0 N–H and O–H groups in total. The van der Waals surface area contributed by atoms with Crippen molar-refractivity contribution in [2.45, 2.75) is 67.5 Å². The normalized spacial score (nSPS) is 20.1. The zero-order valence-electron chi connectivity index (χ0n) is 18.0. The molecule has 2 aliphatic heterocycles. The van der Waals surface area contributed by atoms with Crippen molar-refractivity contribution in [1.29, 1.82) is 0 Å². The highest BCUT2D eigenvalue weighted by Gasteiger charge is 2.30. The lowest BCUT2D eigenvalue weighted by atomic mass is 10.2. The molecule has 1 saturated carbocycles. The number of piperidine rings is 1. The molecule has 1 aliphatic carbocycles. The summed E-state index contributed by atoms with van der Waals surface area (Å²) in [5.41, 5.74) is 1.72. The average molecular weight is 477 g/mol. The fourth-order valence-electron chi connectivity index (χ4n) is 4.91. The van der Waals surface area contributed by atoms with E-state index in [9.17, 15) is 13.2 Å². The standard InChI is InChI=1S/C21H28N6O3S2/c28-20(15-31-21-22-23-24-27(21)17-6-2-3-7-17)26-13-10-16-14-18(8-9-19(16)26)32(29,30)25-11-4-1-5-12-25/h8-9,14,17H,1-7,10-13,15H2. The summed E-state index contributed by atoms with van der Waals surface area (Å²) < 4.78 is 29.4. The Morgan fingerprint density at radius 2 is 1.84 bits per heavy atom. The first-order chi connectivity index (χ1) is 15.5. The Balaban J connectivity index is 1.26. The number of rotatable bonds is 6. The highest BCUT2D eigenvalue weighted by molar-refractivity contribution is 7.99. The topological polar surface area (TPSA) is 101 Å². The van der Waals surface area contributed by atoms with Gasteiger partial charge in [0, 0.05) is 25.3 Å². The molecule has 0 atom stereocenters. The van der Waals surface area contributed by atoms with Crippen LogP contribution in [0.1, 0.15) is 56.6 Å². The van der Waals surface area contributed by atoms with E-state index < -0.39 is 10.0 Å². The number of hydrogen-bond acceptors (Lipinski definition) is 7. The number of anilines is 1. The summed E-state index contributed by atoms with van der Waals surface area (Å²) in [6.07, 6.45) is 8.10. The van der Waals surface area contributed by atoms with E-state index in [2.05, 4.69) is 15.5 Å². The molecule has 172 valence electrons. The number of fused-ring (bicyclic) bond motifs is 1. The molecule has 32 heavy (non-hydrogen) atoms. The lowest BCUT2D eigenvalue weighted by molar-refractivity contribution is -0.116. The number of tetrazole rings is 1. The Labute approximate surface area is 192 Å². The Bertz CT molecular complexity index is 1090. The second-order valence-corrected chi connectivity index (χ2v) is 11.6. The van der Waals surface area contributed by atoms with Crippen LogP contribution in [0.4, 0.5) is 5.69 Å². The Kier molecular flexibility index (Phi) is 6.22. The van der Waals surface area contributed by atoms with Crippen LogP contribution in [0.25, 0.3) is 0 Å². The summed E-state index contributed by atoms with van der Waals surface area (Å²) in [5.74, 6) is 0.238. The van der Waals surface area contributed by atoms with Crippen LogP contribution in [-0.4, -0.2) is 64.2 Å². The van der Waals surface area contributed by atoms with Crippen LogP contribution in [0.3, 0.4) is 0 Å². The smallest absolute Gasteiger partial charge is 0.243 e. The lowest BCUT2D eigenvalue weighted by Gasteiger charge is -2.26. The van der Waals surface area contributed by atoms with Gasteiger partial charge in [-0.25, -0.2) is 13.1 Å². The molecule has 5 rings (SSSR count). The highest BCUT2D eigenvalue weighted by Crippen LogP contribution is 2.34. The van der Waals surface area contributed by atoms with E-state index in [4.69, 9.17) is 0 Å². The predicted molar refractivity (Wildman–Crippen MR) is 121 cm³/mol. The molecule has 1 aromatic carbocycles. The van der Waals surface area contributed by atoms with Crippen molar-refractivity contribution in [3.63, 3.8) is 0 Å². The minimum atomic E-state index is -3.47. The van der Waals surface area contributed by atoms with E-state index in [0.717, 1.165) is 43.4 Å². The molecule has 0 bridgehead atoms. The van der Waals surface area contributed by atoms with Crippen molar-refractivity contribution in [3.05, 3.63) is 23.8 Å². The van der Waals surface area contributed by atoms with Crippen molar-refractivity contribution >= 4 is 33.4 Å². The lowest BCUT2D eigenvalue weighted by Crippen LogP contribution is -2.35. The van der Waals surface area contributed by atoms with E-state index >= 15 is 0 Å². The molecule has 3 aliphatic rings. The van der Waals surface area contributed by atoms with Gasteiger partial charge in [-0.05, 0) is 66.3 Å². The molecule has 2 fully saturated rings. The number of carbonyl (C=O) groups is 1. The van der Waals surface area contributed by atoms with Crippen molar-refractivity contribution in [2.75, 3.05) is 30.3 Å². The van der Waals surface area contributed by atoms with Gasteiger partial charge in [0.2, 0.25) is 21.1 Å². The molecule has 2 aromatic rings. The van der Waals surface area contributed by atoms with Crippen LogP contribution in [0.2, 0.25) is 0 Å². The number of nitrogens with zero attached hydrogens (tertiary/aromatic N) is 6. The molecular formula is C21H28N6O3S2. The van der Waals surface area contributed by atoms with Gasteiger partial charge in [0.25, 0.3) is 0 Å². The van der Waals surface area contributed by atoms with Gasteiger partial charge in [-0.2, -0.15) is 4.31 Å². The maximum Gasteiger partial charge on any atom is 0.243 e. The minimum absolute atomic E-state index is 0.0126. The molecule has 0 spiro atoms. The third-order valence-electron chi connectivity index (χ3n) is 6.66. The monoisotopic (exact) mass is 476 g/mol. The van der Waals surface area contributed by atoms with Crippen LogP contribution in [0.5, 0.6) is 0 Å². The van der Waals surface area contributed by atoms with Gasteiger partial charge < -0.3 is 4.90 Å². The predicted octanol–water partition coefficient (Wildman–Crippen LogP) is 2.64. The molecule has 0 radical (unpaired) electrons. The fraction of sp³-hybridized carbons (Fsp3) is 0.619. The second-order valence-electron chi connectivity index (χ2n) is 8.68. The first-order valence-electron chi connectivity index (χ1n) is 11.4. The number of amides is 1. The van der Waals surface area contributed by atoms with Crippen LogP contribution in [0, 0.1) is 0 Å². The van der Waals surface area contributed by atoms with Gasteiger partial charge >= 0.3 is 0 Å². The van der Waals surface area contributed by atoms with Gasteiger partial charge in [-0.3, -0.25) is 4.79 Å². The summed E-state index contributed by atoms with van der Waals surface area (Å²) in [6.45, 7) is 1.73. The fourth-order valence-corrected chi connectivity index (χ4v) is 7.30. The Morgan fingerprint density at radius 1 is 1.06 bits per heavy atom. The molecule has 3 heterocycles. The SMILES string of the molecule is O=C(CSc1nnnn1C1CCCC1)N1CCc2cc(S(=O)(=O)N3CCCCC3)ccc21. The van der Waals surface area contributed by atoms with Crippen LogP contribution < -0.4 is 4.90 Å². The van der Waals surface area contributed by atoms with Gasteiger partial charge in [-0.15, -0.1) is 5.10 Å². The van der Waals surface area contributed by atoms with E-state index in [0.29, 0.717) is 42.1 Å². The third-order valence-corrected chi connectivity index (χ3v) is 9.47. The zero-order chi connectivity index (χ0) is 22.1. The number of aromatic nitrogens is 4. The first-order valence-corrected chi connectivity index (χ1v) is 13.8. The highest BCUT2D eigenvalue weighted by atomic mass is 32.2. The van der Waals surface area contributed by atoms with E-state index in [-0.39, 0.29) is 11.7 Å². The van der Waals surface area contributed by atoms with E-state index in [1.165, 1.54) is 24.6 Å². The molecule has 9 nitrogen and oxygen atoms in total. The van der Waals surface area contributed by atoms with Gasteiger partial charge in [-0.1, -0.05) is 31.0 Å². The second kappa shape index (κ2) is 9.11. The maximum atomic E-state index is 13.0. The quantitative estimate of drug-likeness (QED) is 0.591. The van der Waals surface area contributed by atoms with E-state index in [1.54, 1.807) is 27.4 Å². The molecular weight excluding hydrogens is 448 g/mol. The summed E-state index contributed by atoms with van der Waals surface area (Å²) in [5, 5.41) is 12.7. The summed E-state index contributed by atoms with van der Waals surface area (Å²) in [7, 11) is -3.47. The number of carbonyl (C=O) groups excluding carboxylic acids is 1. The van der Waals surface area contributed by atoms with Gasteiger partial charge in [0.1, 0.15) is 0 Å². The zero-order valence-corrected chi connectivity index (χ0v) is 19.7. The van der Waals surface area contributed by atoms with Crippen molar-refractivity contribution in [1.82, 2.24) is 24.5 Å². The molecule has 1 aromatic heterocycles. The van der Waals surface area contributed by atoms with Crippen LogP contribution in [0.15, 0.2) is 28.3 Å². The minimum Gasteiger partial charge on any atom is -0.311 e. The Hall–Kier alpha value is -1.98. The summed E-state index contributed by atoms with van der Waals surface area (Å²) >= 11 is 1.37. The molecule has 1 saturated heterocycles. The maximum absolute atomic E-state index is 13.0. The number of benzene rings is 1. The summed E-state index contributed by atoms with van der Waals surface area (Å²) in [4.78, 5) is 15.1. The number of thioether (sulfide) groups is 1.